The zero-order chi connectivity index (χ0) is 16.0. The molecule has 1 heterocycles. The minimum Gasteiger partial charge on any atom is -0.357 e. The van der Waals surface area contributed by atoms with Crippen molar-refractivity contribution in [1.29, 1.82) is 0 Å². The molecule has 5 nitrogen and oxygen atoms in total. The summed E-state index contributed by atoms with van der Waals surface area (Å²) < 4.78 is 35.8. The minimum absolute atomic E-state index is 0. The van der Waals surface area contributed by atoms with Gasteiger partial charge in [0.25, 0.3) is 0 Å². The number of sulfone groups is 1. The summed E-state index contributed by atoms with van der Waals surface area (Å²) in [7, 11) is -2.90. The summed E-state index contributed by atoms with van der Waals surface area (Å²) >= 11 is 0. The Hall–Kier alpha value is -0.900. The molecule has 0 amide bonds. The molecule has 0 radical (unpaired) electrons. The maximum absolute atomic E-state index is 12.8. The van der Waals surface area contributed by atoms with E-state index in [9.17, 15) is 12.8 Å². The number of aliphatic imine (C=N–C) groups is 1. The Kier molecular flexibility index (Phi) is 8.24. The summed E-state index contributed by atoms with van der Waals surface area (Å²) in [4.78, 5) is 4.45. The first-order valence-corrected chi connectivity index (χ1v) is 9.30. The third-order valence-electron chi connectivity index (χ3n) is 3.50. The Balaban J connectivity index is 0.00000264. The molecule has 23 heavy (non-hydrogen) atoms. The average molecular weight is 455 g/mol. The second kappa shape index (κ2) is 9.41. The van der Waals surface area contributed by atoms with Gasteiger partial charge in [-0.25, -0.2) is 12.8 Å². The van der Waals surface area contributed by atoms with Crippen LogP contribution >= 0.6 is 24.0 Å². The van der Waals surface area contributed by atoms with E-state index >= 15 is 0 Å². The first-order valence-electron chi connectivity index (χ1n) is 7.48. The lowest BCUT2D eigenvalue weighted by atomic mass is 10.1. The van der Waals surface area contributed by atoms with E-state index in [0.717, 1.165) is 5.56 Å². The van der Waals surface area contributed by atoms with Crippen molar-refractivity contribution >= 4 is 39.8 Å². The number of hydrogen-bond acceptors (Lipinski definition) is 3. The molecule has 0 saturated carbocycles. The highest BCUT2D eigenvalue weighted by Gasteiger charge is 2.28. The van der Waals surface area contributed by atoms with Gasteiger partial charge in [-0.2, -0.15) is 0 Å². The van der Waals surface area contributed by atoms with Crippen LogP contribution < -0.4 is 10.6 Å². The molecular weight excluding hydrogens is 432 g/mol. The minimum atomic E-state index is -2.90. The van der Waals surface area contributed by atoms with Crippen molar-refractivity contribution in [1.82, 2.24) is 10.6 Å². The first kappa shape index (κ1) is 20.1. The van der Waals surface area contributed by atoms with Crippen LogP contribution in [0.5, 0.6) is 0 Å². The molecule has 2 N–H and O–H groups in total. The number of nitrogens with one attached hydrogen (secondary N) is 2. The van der Waals surface area contributed by atoms with Gasteiger partial charge in [-0.1, -0.05) is 12.1 Å². The van der Waals surface area contributed by atoms with E-state index in [2.05, 4.69) is 15.6 Å². The van der Waals surface area contributed by atoms with Crippen LogP contribution in [0, 0.1) is 5.82 Å². The molecule has 1 unspecified atom stereocenters. The summed E-state index contributed by atoms with van der Waals surface area (Å²) in [6, 6.07) is 6.29. The van der Waals surface area contributed by atoms with Gasteiger partial charge in [-0.3, -0.25) is 4.99 Å². The fourth-order valence-electron chi connectivity index (χ4n) is 2.37. The highest BCUT2D eigenvalue weighted by atomic mass is 127. The van der Waals surface area contributed by atoms with Crippen molar-refractivity contribution in [3.8, 4) is 0 Å². The number of benzene rings is 1. The normalized spacial score (nSPS) is 19.9. The summed E-state index contributed by atoms with van der Waals surface area (Å²) in [5.74, 6) is 0.783. The molecule has 1 saturated heterocycles. The van der Waals surface area contributed by atoms with E-state index in [-0.39, 0.29) is 47.3 Å². The molecule has 1 aromatic carbocycles. The molecule has 1 aliphatic heterocycles. The Morgan fingerprint density at radius 1 is 1.35 bits per heavy atom. The number of guanidine groups is 1. The SMILES string of the molecule is CCNC(=NCCc1ccc(F)cc1)NC1CCS(=O)(=O)C1.I. The fraction of sp³-hybridized carbons (Fsp3) is 0.533. The lowest BCUT2D eigenvalue weighted by Gasteiger charge is -2.15. The van der Waals surface area contributed by atoms with E-state index in [1.54, 1.807) is 12.1 Å². The van der Waals surface area contributed by atoms with Crippen molar-refractivity contribution in [3.63, 3.8) is 0 Å². The van der Waals surface area contributed by atoms with Gasteiger partial charge in [0.15, 0.2) is 15.8 Å². The zero-order valence-corrected chi connectivity index (χ0v) is 16.2. The summed E-state index contributed by atoms with van der Waals surface area (Å²) in [6.07, 6.45) is 1.32. The third-order valence-corrected chi connectivity index (χ3v) is 5.27. The van der Waals surface area contributed by atoms with Crippen LogP contribution in [0.2, 0.25) is 0 Å². The monoisotopic (exact) mass is 455 g/mol. The van der Waals surface area contributed by atoms with Gasteiger partial charge >= 0.3 is 0 Å². The Morgan fingerprint density at radius 3 is 2.61 bits per heavy atom. The van der Waals surface area contributed by atoms with E-state index < -0.39 is 9.84 Å². The number of hydrogen-bond donors (Lipinski definition) is 2. The Morgan fingerprint density at radius 2 is 2.04 bits per heavy atom. The molecule has 0 spiro atoms. The lowest BCUT2D eigenvalue weighted by molar-refractivity contribution is 0.599. The van der Waals surface area contributed by atoms with Gasteiger partial charge in [-0.15, -0.1) is 24.0 Å². The third kappa shape index (κ3) is 7.03. The van der Waals surface area contributed by atoms with Crippen molar-refractivity contribution in [2.24, 2.45) is 4.99 Å². The fourth-order valence-corrected chi connectivity index (χ4v) is 4.04. The van der Waals surface area contributed by atoms with E-state index in [1.165, 1.54) is 12.1 Å². The van der Waals surface area contributed by atoms with Gasteiger partial charge in [0.05, 0.1) is 11.5 Å². The smallest absolute Gasteiger partial charge is 0.191 e. The van der Waals surface area contributed by atoms with E-state index in [0.29, 0.717) is 31.9 Å². The predicted octanol–water partition coefficient (Wildman–Crippen LogP) is 1.73. The molecule has 1 aliphatic rings. The van der Waals surface area contributed by atoms with Crippen LogP contribution in [0.15, 0.2) is 29.3 Å². The van der Waals surface area contributed by atoms with Crippen LogP contribution in [0.25, 0.3) is 0 Å². The van der Waals surface area contributed by atoms with Crippen LogP contribution in [0.3, 0.4) is 0 Å². The van der Waals surface area contributed by atoms with Gasteiger partial charge in [0, 0.05) is 19.1 Å². The van der Waals surface area contributed by atoms with Crippen molar-refractivity contribution in [2.45, 2.75) is 25.8 Å². The molecule has 8 heteroatoms. The molecule has 0 aliphatic carbocycles. The standard InChI is InChI=1S/C15H22FN3O2S.HI/c1-2-17-15(19-14-8-10-22(20,21)11-14)18-9-7-12-3-5-13(16)6-4-12;/h3-6,14H,2,7-11H2,1H3,(H2,17,18,19);1H. The van der Waals surface area contributed by atoms with E-state index in [4.69, 9.17) is 0 Å². The summed E-state index contributed by atoms with van der Waals surface area (Å²) in [6.45, 7) is 3.23. The Labute approximate surface area is 154 Å². The van der Waals surface area contributed by atoms with Crippen LogP contribution in [-0.2, 0) is 16.3 Å². The largest absolute Gasteiger partial charge is 0.357 e. The van der Waals surface area contributed by atoms with Crippen molar-refractivity contribution in [2.75, 3.05) is 24.6 Å². The van der Waals surface area contributed by atoms with Crippen molar-refractivity contribution in [3.05, 3.63) is 35.6 Å². The quantitative estimate of drug-likeness (QED) is 0.403. The van der Waals surface area contributed by atoms with Gasteiger partial charge < -0.3 is 10.6 Å². The second-order valence-corrected chi connectivity index (χ2v) is 7.61. The highest BCUT2D eigenvalue weighted by Crippen LogP contribution is 2.11. The van der Waals surface area contributed by atoms with Crippen LogP contribution in [0.4, 0.5) is 4.39 Å². The predicted molar refractivity (Wildman–Crippen MR) is 102 cm³/mol. The second-order valence-electron chi connectivity index (χ2n) is 5.38. The number of halogens is 2. The summed E-state index contributed by atoms with van der Waals surface area (Å²) in [5.41, 5.74) is 1.02. The van der Waals surface area contributed by atoms with Gasteiger partial charge in [0.2, 0.25) is 0 Å². The van der Waals surface area contributed by atoms with Crippen LogP contribution in [-0.4, -0.2) is 45.0 Å². The Bertz CT molecular complexity index is 620. The molecule has 130 valence electrons. The maximum Gasteiger partial charge on any atom is 0.191 e. The average Bonchev–Trinajstić information content (AvgIpc) is 2.80. The van der Waals surface area contributed by atoms with Gasteiger partial charge in [0.1, 0.15) is 5.82 Å². The first-order chi connectivity index (χ1) is 10.5. The van der Waals surface area contributed by atoms with Gasteiger partial charge in [-0.05, 0) is 37.5 Å². The van der Waals surface area contributed by atoms with E-state index in [1.807, 2.05) is 6.92 Å². The highest BCUT2D eigenvalue weighted by molar-refractivity contribution is 14.0. The maximum atomic E-state index is 12.8. The summed E-state index contributed by atoms with van der Waals surface area (Å²) in [5, 5.41) is 6.28. The molecule has 0 aromatic heterocycles. The molecule has 1 aromatic rings. The zero-order valence-electron chi connectivity index (χ0n) is 13.1. The topological polar surface area (TPSA) is 70.6 Å². The van der Waals surface area contributed by atoms with Crippen LogP contribution in [0.1, 0.15) is 18.9 Å². The van der Waals surface area contributed by atoms with Crippen molar-refractivity contribution < 1.29 is 12.8 Å². The number of nitrogens with zero attached hydrogens (tertiary/aromatic N) is 1. The molecule has 1 atom stereocenters. The lowest BCUT2D eigenvalue weighted by Crippen LogP contribution is -2.44. The molecule has 1 fully saturated rings. The molecular formula is C15H23FIN3O2S. The number of rotatable bonds is 5. The molecule has 0 bridgehead atoms. The molecule has 2 rings (SSSR count).